The predicted octanol–water partition coefficient (Wildman–Crippen LogP) is 4.74. The Kier molecular flexibility index (Phi) is 9.38. The largest absolute Gasteiger partial charge is 0.497 e. The highest BCUT2D eigenvalue weighted by atomic mass is 16.7. The van der Waals surface area contributed by atoms with Gasteiger partial charge in [-0.3, -0.25) is 0 Å². The molecule has 1 aromatic carbocycles. The van der Waals surface area contributed by atoms with Crippen LogP contribution in [-0.4, -0.2) is 56.5 Å². The number of aliphatic hydroxyl groups is 1. The molecule has 3 rings (SSSR count). The molecule has 2 aliphatic rings. The highest BCUT2D eigenvalue weighted by molar-refractivity contribution is 5.28. The van der Waals surface area contributed by atoms with Crippen LogP contribution in [0.25, 0.3) is 0 Å². The van der Waals surface area contributed by atoms with Gasteiger partial charge in [0.2, 0.25) is 0 Å². The predicted molar refractivity (Wildman–Crippen MR) is 124 cm³/mol. The molecule has 9 atom stereocenters. The quantitative estimate of drug-likeness (QED) is 0.586. The second kappa shape index (κ2) is 11.8. The Morgan fingerprint density at radius 2 is 1.78 bits per heavy atom. The number of methoxy groups -OCH3 is 2. The molecule has 0 aromatic heterocycles. The lowest BCUT2D eigenvalue weighted by Crippen LogP contribution is -2.44. The third kappa shape index (κ3) is 6.45. The summed E-state index contributed by atoms with van der Waals surface area (Å²) >= 11 is 0. The van der Waals surface area contributed by atoms with Crippen molar-refractivity contribution in [3.8, 4) is 5.75 Å². The number of benzene rings is 1. The fraction of sp³-hybridized carbons (Fsp3) is 0.769. The lowest BCUT2D eigenvalue weighted by molar-refractivity contribution is -0.257. The molecule has 2 fully saturated rings. The zero-order valence-electron chi connectivity index (χ0n) is 20.5. The monoisotopic (exact) mass is 450 g/mol. The minimum absolute atomic E-state index is 0.00238. The molecule has 2 saturated heterocycles. The Morgan fingerprint density at radius 1 is 1.06 bits per heavy atom. The third-order valence-electron chi connectivity index (χ3n) is 7.20. The molecule has 182 valence electrons. The molecule has 6 heteroatoms. The average Bonchev–Trinajstić information content (AvgIpc) is 2.81. The molecular formula is C26H42O6. The van der Waals surface area contributed by atoms with Gasteiger partial charge in [-0.25, -0.2) is 0 Å². The van der Waals surface area contributed by atoms with Crippen molar-refractivity contribution in [2.75, 3.05) is 20.8 Å². The molecule has 1 unspecified atom stereocenters. The van der Waals surface area contributed by atoms with Crippen molar-refractivity contribution in [3.63, 3.8) is 0 Å². The molecule has 2 aliphatic heterocycles. The molecule has 0 saturated carbocycles. The van der Waals surface area contributed by atoms with E-state index in [1.165, 1.54) is 0 Å². The van der Waals surface area contributed by atoms with Gasteiger partial charge in [0.1, 0.15) is 5.75 Å². The van der Waals surface area contributed by atoms with Gasteiger partial charge in [-0.2, -0.15) is 0 Å². The van der Waals surface area contributed by atoms with Gasteiger partial charge in [-0.1, -0.05) is 32.9 Å². The number of hydrogen-bond donors (Lipinski definition) is 1. The van der Waals surface area contributed by atoms with Crippen LogP contribution in [0.1, 0.15) is 65.2 Å². The first-order chi connectivity index (χ1) is 15.3. The second-order valence-electron chi connectivity index (χ2n) is 9.82. The first-order valence-electron chi connectivity index (χ1n) is 12.1. The summed E-state index contributed by atoms with van der Waals surface area (Å²) in [5, 5.41) is 11.2. The van der Waals surface area contributed by atoms with E-state index < -0.39 is 12.4 Å². The molecule has 0 amide bonds. The van der Waals surface area contributed by atoms with Crippen molar-refractivity contribution < 1.29 is 28.8 Å². The van der Waals surface area contributed by atoms with Gasteiger partial charge < -0.3 is 28.8 Å². The van der Waals surface area contributed by atoms with Crippen molar-refractivity contribution in [2.45, 2.75) is 90.2 Å². The van der Waals surface area contributed by atoms with E-state index >= 15 is 0 Å². The van der Waals surface area contributed by atoms with E-state index in [2.05, 4.69) is 27.7 Å². The van der Waals surface area contributed by atoms with Crippen molar-refractivity contribution in [1.29, 1.82) is 0 Å². The summed E-state index contributed by atoms with van der Waals surface area (Å²) in [6, 6.07) is 7.77. The van der Waals surface area contributed by atoms with Crippen LogP contribution in [0.2, 0.25) is 0 Å². The van der Waals surface area contributed by atoms with Crippen molar-refractivity contribution in [2.24, 2.45) is 17.8 Å². The first kappa shape index (κ1) is 25.4. The van der Waals surface area contributed by atoms with Crippen LogP contribution in [0, 0.1) is 17.8 Å². The smallest absolute Gasteiger partial charge is 0.184 e. The summed E-state index contributed by atoms with van der Waals surface area (Å²) in [6.45, 7) is 9.08. The van der Waals surface area contributed by atoms with E-state index in [1.54, 1.807) is 14.2 Å². The molecule has 1 N–H and O–H groups in total. The van der Waals surface area contributed by atoms with Crippen LogP contribution < -0.4 is 4.74 Å². The maximum atomic E-state index is 11.2. The van der Waals surface area contributed by atoms with Crippen LogP contribution >= 0.6 is 0 Å². The summed E-state index contributed by atoms with van der Waals surface area (Å²) in [5.41, 5.74) is 0.966. The van der Waals surface area contributed by atoms with Gasteiger partial charge in [-0.15, -0.1) is 0 Å². The van der Waals surface area contributed by atoms with Gasteiger partial charge in [0, 0.05) is 24.5 Å². The number of aliphatic hydroxyl groups excluding tert-OH is 1. The van der Waals surface area contributed by atoms with E-state index in [-0.39, 0.29) is 42.2 Å². The Balaban J connectivity index is 1.54. The van der Waals surface area contributed by atoms with Crippen LogP contribution in [-0.2, 0) is 18.9 Å². The second-order valence-corrected chi connectivity index (χ2v) is 9.82. The van der Waals surface area contributed by atoms with Crippen molar-refractivity contribution in [3.05, 3.63) is 29.8 Å². The highest BCUT2D eigenvalue weighted by Gasteiger charge is 2.38. The van der Waals surface area contributed by atoms with Crippen LogP contribution in [0.3, 0.4) is 0 Å². The fourth-order valence-electron chi connectivity index (χ4n) is 5.14. The highest BCUT2D eigenvalue weighted by Crippen LogP contribution is 2.36. The van der Waals surface area contributed by atoms with E-state index in [0.29, 0.717) is 6.61 Å². The molecule has 0 spiro atoms. The minimum Gasteiger partial charge on any atom is -0.497 e. The number of rotatable bonds is 9. The van der Waals surface area contributed by atoms with Crippen LogP contribution in [0.15, 0.2) is 24.3 Å². The molecule has 0 radical (unpaired) electrons. The van der Waals surface area contributed by atoms with E-state index in [9.17, 15) is 5.11 Å². The zero-order valence-corrected chi connectivity index (χ0v) is 20.5. The Hall–Kier alpha value is -1.18. The van der Waals surface area contributed by atoms with E-state index in [4.69, 9.17) is 23.7 Å². The minimum atomic E-state index is -0.448. The van der Waals surface area contributed by atoms with Crippen LogP contribution in [0.5, 0.6) is 5.75 Å². The standard InChI is InChI=1S/C26H42O6/c1-16(7-10-22-14-23(29-6)13-18(3)31-22)24(27)19(4)25-17(2)15-30-26(32-25)20-8-11-21(28-5)12-9-20/h8-9,11-12,16-19,22-27H,7,10,13-15H2,1-6H3/t16-,17-,18-,19-,22-,23+,24-,25-,26?/m0/s1. The summed E-state index contributed by atoms with van der Waals surface area (Å²) in [6.07, 6.45) is 3.50. The van der Waals surface area contributed by atoms with Crippen LogP contribution in [0.4, 0.5) is 0 Å². The summed E-state index contributed by atoms with van der Waals surface area (Å²) < 4.78 is 29.2. The average molecular weight is 451 g/mol. The molecule has 2 heterocycles. The molecular weight excluding hydrogens is 408 g/mol. The van der Waals surface area contributed by atoms with Gasteiger partial charge >= 0.3 is 0 Å². The summed E-state index contributed by atoms with van der Waals surface area (Å²) in [7, 11) is 3.43. The lowest BCUT2D eigenvalue weighted by Gasteiger charge is -2.41. The van der Waals surface area contributed by atoms with Crippen molar-refractivity contribution >= 4 is 0 Å². The van der Waals surface area contributed by atoms with Gasteiger partial charge in [0.15, 0.2) is 6.29 Å². The maximum Gasteiger partial charge on any atom is 0.184 e. The molecule has 32 heavy (non-hydrogen) atoms. The Morgan fingerprint density at radius 3 is 2.44 bits per heavy atom. The summed E-state index contributed by atoms with van der Waals surface area (Å²) in [4.78, 5) is 0. The topological polar surface area (TPSA) is 66.4 Å². The van der Waals surface area contributed by atoms with E-state index in [0.717, 1.165) is 37.0 Å². The SMILES string of the molecule is COc1ccc(C2OC[C@H](C)[C@@H]([C@@H](C)[C@@H](O)[C@@H](C)CC[C@H]3C[C@H](OC)C[C@H](C)O3)O2)cc1. The lowest BCUT2D eigenvalue weighted by atomic mass is 9.81. The Labute approximate surface area is 193 Å². The van der Waals surface area contributed by atoms with Crippen molar-refractivity contribution in [1.82, 2.24) is 0 Å². The Bertz CT molecular complexity index is 679. The summed E-state index contributed by atoms with van der Waals surface area (Å²) in [5.74, 6) is 1.18. The molecule has 0 aliphatic carbocycles. The molecule has 1 aromatic rings. The van der Waals surface area contributed by atoms with Gasteiger partial charge in [0.05, 0.1) is 44.2 Å². The maximum absolute atomic E-state index is 11.2. The normalized spacial score (nSPS) is 34.0. The van der Waals surface area contributed by atoms with E-state index in [1.807, 2.05) is 24.3 Å². The zero-order chi connectivity index (χ0) is 23.3. The fourth-order valence-corrected chi connectivity index (χ4v) is 5.14. The molecule has 0 bridgehead atoms. The number of ether oxygens (including phenoxy) is 5. The third-order valence-corrected chi connectivity index (χ3v) is 7.20. The number of hydrogen-bond acceptors (Lipinski definition) is 6. The van der Waals surface area contributed by atoms with Gasteiger partial charge in [-0.05, 0) is 50.7 Å². The molecule has 6 nitrogen and oxygen atoms in total. The first-order valence-corrected chi connectivity index (χ1v) is 12.1. The van der Waals surface area contributed by atoms with Gasteiger partial charge in [0.25, 0.3) is 0 Å².